The maximum Gasteiger partial charge on any atom is 0.240 e. The van der Waals surface area contributed by atoms with Gasteiger partial charge in [0.1, 0.15) is 5.01 Å². The van der Waals surface area contributed by atoms with Crippen molar-refractivity contribution in [3.05, 3.63) is 16.6 Å². The molecule has 0 spiro atoms. The molecule has 124 valence electrons. The lowest BCUT2D eigenvalue weighted by molar-refractivity contribution is -0.118. The third-order valence-electron chi connectivity index (χ3n) is 3.62. The van der Waals surface area contributed by atoms with Crippen LogP contribution in [0.3, 0.4) is 0 Å². The molecule has 1 N–H and O–H groups in total. The van der Waals surface area contributed by atoms with Crippen LogP contribution in [0.5, 0.6) is 0 Å². The lowest BCUT2D eigenvalue weighted by atomic mass is 10.0. The van der Waals surface area contributed by atoms with Gasteiger partial charge in [-0.05, 0) is 25.1 Å². The van der Waals surface area contributed by atoms with E-state index in [4.69, 9.17) is 0 Å². The Morgan fingerprint density at radius 2 is 2.39 bits per heavy atom. The maximum atomic E-state index is 12.3. The Labute approximate surface area is 147 Å². The summed E-state index contributed by atoms with van der Waals surface area (Å²) in [5.41, 5.74) is 0. The average Bonchev–Trinajstić information content (AvgIpc) is 3.20. The molecule has 1 amide bonds. The third-order valence-corrected chi connectivity index (χ3v) is 6.35. The van der Waals surface area contributed by atoms with Gasteiger partial charge in [0, 0.05) is 11.6 Å². The molecule has 2 aromatic rings. The average molecular weight is 370 g/mol. The van der Waals surface area contributed by atoms with Crippen molar-refractivity contribution in [2.24, 2.45) is 0 Å². The number of likely N-dealkylation sites (tertiary alicyclic amines) is 1. The molecule has 0 radical (unpaired) electrons. The van der Waals surface area contributed by atoms with Gasteiger partial charge in [0.25, 0.3) is 0 Å². The van der Waals surface area contributed by atoms with Gasteiger partial charge in [-0.2, -0.15) is 0 Å². The van der Waals surface area contributed by atoms with Gasteiger partial charge in [0.2, 0.25) is 11.0 Å². The van der Waals surface area contributed by atoms with Crippen molar-refractivity contribution in [3.63, 3.8) is 0 Å². The summed E-state index contributed by atoms with van der Waals surface area (Å²) >= 11 is 4.73. The highest BCUT2D eigenvalue weighted by molar-refractivity contribution is 8.01. The van der Waals surface area contributed by atoms with E-state index in [1.54, 1.807) is 23.1 Å². The van der Waals surface area contributed by atoms with Crippen molar-refractivity contribution < 1.29 is 4.79 Å². The second kappa shape index (κ2) is 8.18. The van der Waals surface area contributed by atoms with Crippen molar-refractivity contribution in [2.45, 2.75) is 36.6 Å². The number of piperidine rings is 1. The standard InChI is InChI=1S/C14H19N5OS3/c1-2-21-14-18-17-13(23-14)16-11(20)9-19-7-4-3-5-10(19)12-15-6-8-22-12/h6,8,10H,2-5,7,9H2,1H3,(H,16,17,20)/t10-/m1/s1. The Morgan fingerprint density at radius 1 is 1.48 bits per heavy atom. The molecule has 0 aromatic carbocycles. The van der Waals surface area contributed by atoms with E-state index in [9.17, 15) is 4.79 Å². The summed E-state index contributed by atoms with van der Waals surface area (Å²) in [5, 5.41) is 14.6. The van der Waals surface area contributed by atoms with Gasteiger partial charge >= 0.3 is 0 Å². The van der Waals surface area contributed by atoms with Crippen LogP contribution in [0.1, 0.15) is 37.2 Å². The fourth-order valence-corrected chi connectivity index (χ4v) is 5.12. The predicted octanol–water partition coefficient (Wildman–Crippen LogP) is 3.27. The van der Waals surface area contributed by atoms with E-state index >= 15 is 0 Å². The van der Waals surface area contributed by atoms with E-state index in [0.717, 1.165) is 34.5 Å². The fraction of sp³-hybridized carbons (Fsp3) is 0.571. The first-order valence-electron chi connectivity index (χ1n) is 7.66. The summed E-state index contributed by atoms with van der Waals surface area (Å²) in [5.74, 6) is 0.920. The van der Waals surface area contributed by atoms with E-state index in [0.29, 0.717) is 11.7 Å². The summed E-state index contributed by atoms with van der Waals surface area (Å²) in [6.45, 7) is 3.38. The molecule has 0 aliphatic carbocycles. The van der Waals surface area contributed by atoms with Crippen molar-refractivity contribution in [1.82, 2.24) is 20.1 Å². The number of nitrogens with one attached hydrogen (secondary N) is 1. The minimum Gasteiger partial charge on any atom is -0.299 e. The highest BCUT2D eigenvalue weighted by Crippen LogP contribution is 2.32. The van der Waals surface area contributed by atoms with Crippen LogP contribution in [-0.4, -0.2) is 44.8 Å². The minimum atomic E-state index is -0.0299. The number of amides is 1. The Bertz CT molecular complexity index is 630. The smallest absolute Gasteiger partial charge is 0.240 e. The van der Waals surface area contributed by atoms with Crippen LogP contribution in [0.15, 0.2) is 15.9 Å². The predicted molar refractivity (Wildman–Crippen MR) is 95.2 cm³/mol. The Balaban J connectivity index is 1.59. The molecule has 1 fully saturated rings. The molecule has 9 heteroatoms. The third kappa shape index (κ3) is 4.50. The monoisotopic (exact) mass is 369 g/mol. The Morgan fingerprint density at radius 3 is 3.17 bits per heavy atom. The topological polar surface area (TPSA) is 71.0 Å². The molecule has 2 aromatic heterocycles. The molecule has 6 nitrogen and oxygen atoms in total. The summed E-state index contributed by atoms with van der Waals surface area (Å²) in [7, 11) is 0. The van der Waals surface area contributed by atoms with Crippen LogP contribution in [0.2, 0.25) is 0 Å². The first-order valence-corrected chi connectivity index (χ1v) is 10.3. The van der Waals surface area contributed by atoms with Gasteiger partial charge < -0.3 is 0 Å². The lowest BCUT2D eigenvalue weighted by Crippen LogP contribution is -2.39. The maximum absolute atomic E-state index is 12.3. The summed E-state index contributed by atoms with van der Waals surface area (Å²) in [6, 6.07) is 0.259. The van der Waals surface area contributed by atoms with Crippen LogP contribution in [-0.2, 0) is 4.79 Å². The molecule has 0 bridgehead atoms. The second-order valence-electron chi connectivity index (χ2n) is 5.21. The number of aromatic nitrogens is 3. The number of carbonyl (C=O) groups excluding carboxylic acids is 1. The highest BCUT2D eigenvalue weighted by Gasteiger charge is 2.27. The van der Waals surface area contributed by atoms with Gasteiger partial charge in [0.15, 0.2) is 4.34 Å². The molecule has 23 heavy (non-hydrogen) atoms. The number of rotatable bonds is 6. The SMILES string of the molecule is CCSc1nnc(NC(=O)CN2CCCC[C@@H]2c2nccs2)s1. The van der Waals surface area contributed by atoms with Crippen LogP contribution < -0.4 is 5.32 Å². The number of hydrogen-bond acceptors (Lipinski definition) is 8. The van der Waals surface area contributed by atoms with Gasteiger partial charge in [-0.15, -0.1) is 21.5 Å². The summed E-state index contributed by atoms with van der Waals surface area (Å²) < 4.78 is 0.890. The van der Waals surface area contributed by atoms with Gasteiger partial charge in [-0.1, -0.05) is 36.4 Å². The van der Waals surface area contributed by atoms with E-state index in [1.165, 1.54) is 17.8 Å². The number of nitrogens with zero attached hydrogens (tertiary/aromatic N) is 4. The van der Waals surface area contributed by atoms with Crippen molar-refractivity contribution in [3.8, 4) is 0 Å². The van der Waals surface area contributed by atoms with Crippen LogP contribution in [0.4, 0.5) is 5.13 Å². The zero-order chi connectivity index (χ0) is 16.1. The molecule has 1 aliphatic rings. The van der Waals surface area contributed by atoms with E-state index in [1.807, 2.05) is 11.6 Å². The van der Waals surface area contributed by atoms with Crippen LogP contribution >= 0.6 is 34.4 Å². The molecule has 1 saturated heterocycles. The Kier molecular flexibility index (Phi) is 5.98. The number of thioether (sulfide) groups is 1. The molecular weight excluding hydrogens is 350 g/mol. The number of anilines is 1. The van der Waals surface area contributed by atoms with Gasteiger partial charge in [-0.3, -0.25) is 15.0 Å². The molecule has 0 unspecified atom stereocenters. The van der Waals surface area contributed by atoms with E-state index < -0.39 is 0 Å². The minimum absolute atomic E-state index is 0.0299. The Hall–Kier alpha value is -1.03. The molecule has 1 aliphatic heterocycles. The fourth-order valence-electron chi connectivity index (χ4n) is 2.64. The summed E-state index contributed by atoms with van der Waals surface area (Å²) in [4.78, 5) is 19.0. The number of thiazole rings is 1. The zero-order valence-corrected chi connectivity index (χ0v) is 15.3. The van der Waals surface area contributed by atoms with E-state index in [2.05, 4.69) is 32.3 Å². The van der Waals surface area contributed by atoms with Crippen molar-refractivity contribution in [2.75, 3.05) is 24.2 Å². The molecular formula is C14H19N5OS3. The van der Waals surface area contributed by atoms with Crippen molar-refractivity contribution >= 4 is 45.5 Å². The number of hydrogen-bond donors (Lipinski definition) is 1. The lowest BCUT2D eigenvalue weighted by Gasteiger charge is -2.33. The van der Waals surface area contributed by atoms with E-state index in [-0.39, 0.29) is 11.9 Å². The first kappa shape index (κ1) is 16.8. The van der Waals surface area contributed by atoms with Gasteiger partial charge in [-0.25, -0.2) is 4.98 Å². The van der Waals surface area contributed by atoms with Crippen molar-refractivity contribution in [1.29, 1.82) is 0 Å². The normalized spacial score (nSPS) is 18.9. The second-order valence-corrected chi connectivity index (χ2v) is 8.62. The van der Waals surface area contributed by atoms with Crippen LogP contribution in [0, 0.1) is 0 Å². The largest absolute Gasteiger partial charge is 0.299 e. The van der Waals surface area contributed by atoms with Crippen LogP contribution in [0.25, 0.3) is 0 Å². The first-order chi connectivity index (χ1) is 11.3. The molecule has 0 saturated carbocycles. The zero-order valence-electron chi connectivity index (χ0n) is 12.9. The molecule has 1 atom stereocenters. The summed E-state index contributed by atoms with van der Waals surface area (Å²) in [6.07, 6.45) is 5.22. The highest BCUT2D eigenvalue weighted by atomic mass is 32.2. The number of carbonyl (C=O) groups is 1. The van der Waals surface area contributed by atoms with Gasteiger partial charge in [0.05, 0.1) is 12.6 Å². The molecule has 3 rings (SSSR count). The molecule has 3 heterocycles. The quantitative estimate of drug-likeness (QED) is 0.622.